The molecule has 0 unspecified atom stereocenters. The van der Waals surface area contributed by atoms with Gasteiger partial charge in [-0.2, -0.15) is 0 Å². The minimum Gasteiger partial charge on any atom is -0.393 e. The van der Waals surface area contributed by atoms with Crippen molar-refractivity contribution in [2.45, 2.75) is 145 Å². The van der Waals surface area contributed by atoms with Gasteiger partial charge in [0.15, 0.2) is 5.78 Å². The highest BCUT2D eigenvalue weighted by Crippen LogP contribution is 2.77. The average Bonchev–Trinajstić information content (AvgIpc) is 3.66. The van der Waals surface area contributed by atoms with Crippen LogP contribution in [0.5, 0.6) is 0 Å². The maximum atomic E-state index is 14.5. The van der Waals surface area contributed by atoms with E-state index in [0.29, 0.717) is 42.3 Å². The minimum atomic E-state index is -0.547. The van der Waals surface area contributed by atoms with Crippen molar-refractivity contribution in [1.82, 2.24) is 0 Å². The Morgan fingerprint density at radius 2 is 1.55 bits per heavy atom. The summed E-state index contributed by atoms with van der Waals surface area (Å²) < 4.78 is 0. The molecular weight excluding hydrogens is 492 g/mol. The van der Waals surface area contributed by atoms with Gasteiger partial charge in [-0.25, -0.2) is 0 Å². The molecular formula is C37H58O3. The number of rotatable bonds is 5. The van der Waals surface area contributed by atoms with Gasteiger partial charge in [-0.15, -0.1) is 0 Å². The fourth-order valence-corrected chi connectivity index (χ4v) is 12.5. The summed E-state index contributed by atoms with van der Waals surface area (Å²) in [4.78, 5) is 28.4. The van der Waals surface area contributed by atoms with Crippen LogP contribution in [0, 0.1) is 62.1 Å². The van der Waals surface area contributed by atoms with Crippen molar-refractivity contribution < 1.29 is 14.7 Å². The number of fused-ring (bicyclic) bond motifs is 7. The van der Waals surface area contributed by atoms with Crippen molar-refractivity contribution >= 4 is 11.6 Å². The van der Waals surface area contributed by atoms with Gasteiger partial charge in [-0.05, 0) is 132 Å². The molecule has 1 N–H and O–H groups in total. The van der Waals surface area contributed by atoms with Gasteiger partial charge in [0.1, 0.15) is 5.78 Å². The largest absolute Gasteiger partial charge is 0.393 e. The second kappa shape index (κ2) is 8.79. The van der Waals surface area contributed by atoms with E-state index < -0.39 is 5.41 Å². The third-order valence-electron chi connectivity index (χ3n) is 15.2. The summed E-state index contributed by atoms with van der Waals surface area (Å²) in [5.74, 6) is 3.02. The SMILES string of the molecule is CC(C)C1=C2[C@H]3CC[C@@H]4[C@@]5(C)CC[C@H](O)C(C)(C)[C@@H]5CC[C@@]4(C)[C@]3(C)CC[C@@]2(C(=O)CC(C)(C)C2CC2)CC1=O. The lowest BCUT2D eigenvalue weighted by atomic mass is 9.33. The summed E-state index contributed by atoms with van der Waals surface area (Å²) in [6.07, 6.45) is 12.0. The van der Waals surface area contributed by atoms with Gasteiger partial charge in [0.2, 0.25) is 0 Å². The predicted octanol–water partition coefficient (Wildman–Crippen LogP) is 8.72. The van der Waals surface area contributed by atoms with Crippen LogP contribution in [-0.4, -0.2) is 22.8 Å². The first-order chi connectivity index (χ1) is 18.5. The van der Waals surface area contributed by atoms with E-state index in [9.17, 15) is 14.7 Å². The molecule has 3 nitrogen and oxygen atoms in total. The summed E-state index contributed by atoms with van der Waals surface area (Å²) in [5.41, 5.74) is 2.33. The van der Waals surface area contributed by atoms with Gasteiger partial charge >= 0.3 is 0 Å². The number of ketones is 2. The molecule has 0 amide bonds. The molecule has 0 aromatic heterocycles. The molecule has 0 saturated heterocycles. The van der Waals surface area contributed by atoms with Crippen LogP contribution in [0.4, 0.5) is 0 Å². The Bertz CT molecular complexity index is 1140. The van der Waals surface area contributed by atoms with E-state index in [2.05, 4.69) is 62.3 Å². The van der Waals surface area contributed by atoms with Gasteiger partial charge in [-0.3, -0.25) is 9.59 Å². The third-order valence-corrected chi connectivity index (χ3v) is 15.2. The van der Waals surface area contributed by atoms with E-state index >= 15 is 0 Å². The Morgan fingerprint density at radius 3 is 2.17 bits per heavy atom. The van der Waals surface area contributed by atoms with E-state index in [1.54, 1.807) is 0 Å². The second-order valence-corrected chi connectivity index (χ2v) is 18.0. The second-order valence-electron chi connectivity index (χ2n) is 18.0. The number of hydrogen-bond donors (Lipinski definition) is 1. The van der Waals surface area contributed by atoms with Crippen LogP contribution in [-0.2, 0) is 9.59 Å². The molecule has 0 aliphatic heterocycles. The smallest absolute Gasteiger partial charge is 0.160 e. The Hall–Kier alpha value is -0.960. The maximum Gasteiger partial charge on any atom is 0.160 e. The van der Waals surface area contributed by atoms with Gasteiger partial charge in [-0.1, -0.05) is 62.3 Å². The number of Topliss-reactive ketones (excluding diaryl/α,β-unsaturated/α-hetero) is 2. The highest BCUT2D eigenvalue weighted by molar-refractivity contribution is 6.07. The van der Waals surface area contributed by atoms with Gasteiger partial charge in [0.05, 0.1) is 11.5 Å². The molecule has 224 valence electrons. The molecule has 6 aliphatic rings. The number of carbonyl (C=O) groups is 2. The highest BCUT2D eigenvalue weighted by atomic mass is 16.3. The predicted molar refractivity (Wildman–Crippen MR) is 162 cm³/mol. The van der Waals surface area contributed by atoms with E-state index in [-0.39, 0.29) is 44.9 Å². The van der Waals surface area contributed by atoms with Crippen LogP contribution in [0.15, 0.2) is 11.1 Å². The lowest BCUT2D eigenvalue weighted by Crippen LogP contribution is -2.65. The standard InChI is InChI=1S/C37H58O3/c1-22(2)30-25(38)20-37(29(40)21-32(3,4)23-10-11-23)19-18-35(8)24(31(30)37)12-13-27-34(7)16-15-28(39)33(5,6)26(34)14-17-36(27,35)9/h22-24,26-28,39H,10-21H2,1-9H3/t24-,26+,27-,28+,34+,35-,36-,37+/m1/s1. The van der Waals surface area contributed by atoms with Crippen LogP contribution < -0.4 is 0 Å². The van der Waals surface area contributed by atoms with Crippen LogP contribution in [0.3, 0.4) is 0 Å². The molecule has 6 aliphatic carbocycles. The molecule has 0 heterocycles. The quantitative estimate of drug-likeness (QED) is 0.372. The minimum absolute atomic E-state index is 0.0380. The first-order valence-electron chi connectivity index (χ1n) is 16.9. The maximum absolute atomic E-state index is 14.5. The number of allylic oxidation sites excluding steroid dienone is 2. The number of aliphatic hydroxyl groups excluding tert-OH is 1. The summed E-state index contributed by atoms with van der Waals surface area (Å²) >= 11 is 0. The van der Waals surface area contributed by atoms with Crippen molar-refractivity contribution in [1.29, 1.82) is 0 Å². The molecule has 0 aromatic rings. The Kier molecular flexibility index (Phi) is 6.40. The fraction of sp³-hybridized carbons (Fsp3) is 0.892. The zero-order valence-electron chi connectivity index (χ0n) is 27.2. The first kappa shape index (κ1) is 29.1. The van der Waals surface area contributed by atoms with Crippen LogP contribution in [0.2, 0.25) is 0 Å². The average molecular weight is 551 g/mol. The summed E-state index contributed by atoms with van der Waals surface area (Å²) in [7, 11) is 0. The summed E-state index contributed by atoms with van der Waals surface area (Å²) in [5, 5.41) is 11.0. The Labute approximate surface area is 244 Å². The van der Waals surface area contributed by atoms with E-state index in [1.807, 2.05) is 0 Å². The lowest BCUT2D eigenvalue weighted by molar-refractivity contribution is -0.228. The van der Waals surface area contributed by atoms with Crippen molar-refractivity contribution in [2.24, 2.45) is 62.1 Å². The summed E-state index contributed by atoms with van der Waals surface area (Å²) in [6.45, 7) is 21.4. The zero-order valence-corrected chi connectivity index (χ0v) is 27.2. The summed E-state index contributed by atoms with van der Waals surface area (Å²) in [6, 6.07) is 0. The first-order valence-corrected chi connectivity index (χ1v) is 16.9. The molecule has 40 heavy (non-hydrogen) atoms. The van der Waals surface area contributed by atoms with Crippen molar-refractivity contribution in [3.63, 3.8) is 0 Å². The molecule has 3 heteroatoms. The molecule has 5 fully saturated rings. The number of hydrogen-bond acceptors (Lipinski definition) is 3. The molecule has 0 spiro atoms. The van der Waals surface area contributed by atoms with E-state index in [1.165, 1.54) is 37.7 Å². The van der Waals surface area contributed by atoms with Crippen LogP contribution in [0.25, 0.3) is 0 Å². The van der Waals surface area contributed by atoms with Gasteiger partial charge < -0.3 is 5.11 Å². The monoisotopic (exact) mass is 550 g/mol. The lowest BCUT2D eigenvalue weighted by Gasteiger charge is -2.72. The molecule has 0 radical (unpaired) electrons. The molecule has 8 atom stereocenters. The molecule has 0 aromatic carbocycles. The van der Waals surface area contributed by atoms with E-state index in [0.717, 1.165) is 37.7 Å². The van der Waals surface area contributed by atoms with Crippen LogP contribution >= 0.6 is 0 Å². The van der Waals surface area contributed by atoms with Crippen molar-refractivity contribution in [3.05, 3.63) is 11.1 Å². The molecule has 0 bridgehead atoms. The van der Waals surface area contributed by atoms with E-state index in [4.69, 9.17) is 0 Å². The Morgan fingerprint density at radius 1 is 0.875 bits per heavy atom. The van der Waals surface area contributed by atoms with Gasteiger partial charge in [0.25, 0.3) is 0 Å². The van der Waals surface area contributed by atoms with Gasteiger partial charge in [0, 0.05) is 12.8 Å². The number of carbonyl (C=O) groups excluding carboxylic acids is 2. The normalized spacial score (nSPS) is 46.5. The number of aliphatic hydroxyl groups is 1. The van der Waals surface area contributed by atoms with Crippen LogP contribution in [0.1, 0.15) is 139 Å². The van der Waals surface area contributed by atoms with Crippen molar-refractivity contribution in [2.75, 3.05) is 0 Å². The topological polar surface area (TPSA) is 54.4 Å². The highest BCUT2D eigenvalue weighted by Gasteiger charge is 2.70. The Balaban J connectivity index is 1.41. The van der Waals surface area contributed by atoms with Crippen molar-refractivity contribution in [3.8, 4) is 0 Å². The molecule has 5 saturated carbocycles. The fourth-order valence-electron chi connectivity index (χ4n) is 12.5. The third kappa shape index (κ3) is 3.64. The molecule has 6 rings (SSSR count). The zero-order chi connectivity index (χ0) is 29.3.